The van der Waals surface area contributed by atoms with Crippen molar-refractivity contribution >= 4 is 39.9 Å². The molecule has 32 heavy (non-hydrogen) atoms. The van der Waals surface area contributed by atoms with Crippen LogP contribution in [0, 0.1) is 5.82 Å². The normalized spacial score (nSPS) is 10.8. The molecule has 0 atom stereocenters. The van der Waals surface area contributed by atoms with E-state index >= 15 is 0 Å². The predicted octanol–water partition coefficient (Wildman–Crippen LogP) is 4.63. The number of thioether (sulfide) groups is 1. The van der Waals surface area contributed by atoms with Crippen LogP contribution in [0.25, 0.3) is 11.3 Å². The first-order valence-corrected chi connectivity index (χ1v) is 11.5. The number of thiophene rings is 1. The summed E-state index contributed by atoms with van der Waals surface area (Å²) in [6.07, 6.45) is 1.72. The third kappa shape index (κ3) is 5.06. The van der Waals surface area contributed by atoms with Crippen molar-refractivity contribution in [1.82, 2.24) is 9.55 Å². The fraction of sp³-hybridized carbons (Fsp3) is 0.0870. The Kier molecular flexibility index (Phi) is 6.67. The lowest BCUT2D eigenvalue weighted by Crippen LogP contribution is -2.18. The van der Waals surface area contributed by atoms with Gasteiger partial charge >= 0.3 is 0 Å². The van der Waals surface area contributed by atoms with Gasteiger partial charge in [-0.1, -0.05) is 42.1 Å². The monoisotopic (exact) mass is 466 g/mol. The van der Waals surface area contributed by atoms with Crippen molar-refractivity contribution < 1.29 is 14.0 Å². The lowest BCUT2D eigenvalue weighted by molar-refractivity contribution is -0.113. The summed E-state index contributed by atoms with van der Waals surface area (Å²) >= 11 is 2.53. The molecule has 2 aromatic carbocycles. The molecule has 0 aliphatic carbocycles. The average molecular weight is 467 g/mol. The fourth-order valence-electron chi connectivity index (χ4n) is 3.14. The molecule has 0 aliphatic rings. The molecule has 162 valence electrons. The zero-order chi connectivity index (χ0) is 22.5. The van der Waals surface area contributed by atoms with Gasteiger partial charge < -0.3 is 15.6 Å². The van der Waals surface area contributed by atoms with Gasteiger partial charge in [0.15, 0.2) is 5.16 Å². The second kappa shape index (κ2) is 9.80. The highest BCUT2D eigenvalue weighted by Crippen LogP contribution is 2.28. The third-order valence-electron chi connectivity index (χ3n) is 4.66. The largest absolute Gasteiger partial charge is 0.366 e. The summed E-state index contributed by atoms with van der Waals surface area (Å²) in [4.78, 5) is 28.4. The van der Waals surface area contributed by atoms with Crippen LogP contribution in [0.1, 0.15) is 15.9 Å². The van der Waals surface area contributed by atoms with Gasteiger partial charge in [-0.3, -0.25) is 9.59 Å². The second-order valence-electron chi connectivity index (χ2n) is 6.87. The standard InChI is InChI=1S/C23H19FN4O2S2/c24-17-8-6-16(7-9-17)19-12-26-23(28(19)13-15-4-2-1-3-5-15)32-14-20(29)27-22-18(21(25)30)10-11-31-22/h1-12H,13-14H2,(H2,25,30)(H,27,29). The number of benzene rings is 2. The summed E-state index contributed by atoms with van der Waals surface area (Å²) in [7, 11) is 0. The van der Waals surface area contributed by atoms with Crippen LogP contribution < -0.4 is 11.1 Å². The van der Waals surface area contributed by atoms with Crippen LogP contribution in [0.2, 0.25) is 0 Å². The maximum absolute atomic E-state index is 13.4. The number of rotatable bonds is 8. The molecular weight excluding hydrogens is 447 g/mol. The smallest absolute Gasteiger partial charge is 0.251 e. The molecule has 4 aromatic rings. The maximum Gasteiger partial charge on any atom is 0.251 e. The summed E-state index contributed by atoms with van der Waals surface area (Å²) in [5.74, 6) is -1.06. The number of carbonyl (C=O) groups excluding carboxylic acids is 2. The molecule has 2 aromatic heterocycles. The third-order valence-corrected chi connectivity index (χ3v) is 6.48. The van der Waals surface area contributed by atoms with E-state index < -0.39 is 5.91 Å². The van der Waals surface area contributed by atoms with Crippen LogP contribution in [0.5, 0.6) is 0 Å². The van der Waals surface area contributed by atoms with E-state index in [1.54, 1.807) is 29.8 Å². The van der Waals surface area contributed by atoms with Gasteiger partial charge in [0.1, 0.15) is 10.8 Å². The highest BCUT2D eigenvalue weighted by molar-refractivity contribution is 7.99. The SMILES string of the molecule is NC(=O)c1ccsc1NC(=O)CSc1ncc(-c2ccc(F)cc2)n1Cc1ccccc1. The lowest BCUT2D eigenvalue weighted by Gasteiger charge is -2.12. The molecule has 0 unspecified atom stereocenters. The summed E-state index contributed by atoms with van der Waals surface area (Å²) < 4.78 is 15.4. The number of amides is 2. The number of nitrogens with zero attached hydrogens (tertiary/aromatic N) is 2. The minimum absolute atomic E-state index is 0.102. The Bertz CT molecular complexity index is 1240. The number of nitrogens with two attached hydrogens (primary N) is 1. The Morgan fingerprint density at radius 3 is 2.56 bits per heavy atom. The molecule has 0 aliphatic heterocycles. The van der Waals surface area contributed by atoms with Gasteiger partial charge in [0.2, 0.25) is 5.91 Å². The lowest BCUT2D eigenvalue weighted by atomic mass is 10.1. The summed E-state index contributed by atoms with van der Waals surface area (Å²) in [5.41, 5.74) is 8.35. The van der Waals surface area contributed by atoms with Crippen LogP contribution in [-0.2, 0) is 11.3 Å². The molecule has 4 rings (SSSR count). The van der Waals surface area contributed by atoms with E-state index in [2.05, 4.69) is 10.3 Å². The minimum Gasteiger partial charge on any atom is -0.366 e. The van der Waals surface area contributed by atoms with E-state index in [4.69, 9.17) is 5.73 Å². The zero-order valence-electron chi connectivity index (χ0n) is 16.8. The van der Waals surface area contributed by atoms with E-state index in [0.717, 1.165) is 16.8 Å². The van der Waals surface area contributed by atoms with Crippen LogP contribution in [0.4, 0.5) is 9.39 Å². The maximum atomic E-state index is 13.4. The fourth-order valence-corrected chi connectivity index (χ4v) is 4.72. The van der Waals surface area contributed by atoms with Crippen LogP contribution in [-0.4, -0.2) is 27.1 Å². The van der Waals surface area contributed by atoms with Crippen molar-refractivity contribution in [2.75, 3.05) is 11.1 Å². The van der Waals surface area contributed by atoms with Crippen molar-refractivity contribution in [3.63, 3.8) is 0 Å². The second-order valence-corrected chi connectivity index (χ2v) is 8.73. The molecule has 0 radical (unpaired) electrons. The number of aromatic nitrogens is 2. The molecule has 0 saturated carbocycles. The summed E-state index contributed by atoms with van der Waals surface area (Å²) in [5, 5.41) is 5.52. The van der Waals surface area contributed by atoms with Gasteiger partial charge in [-0.2, -0.15) is 0 Å². The Hall–Kier alpha value is -3.43. The highest BCUT2D eigenvalue weighted by Gasteiger charge is 2.16. The number of primary amides is 1. The van der Waals surface area contributed by atoms with E-state index in [9.17, 15) is 14.0 Å². The molecule has 9 heteroatoms. The molecule has 0 spiro atoms. The first kappa shape index (κ1) is 21.8. The van der Waals surface area contributed by atoms with Gasteiger partial charge in [-0.25, -0.2) is 9.37 Å². The van der Waals surface area contributed by atoms with Crippen molar-refractivity contribution in [2.24, 2.45) is 5.73 Å². The van der Waals surface area contributed by atoms with Crippen molar-refractivity contribution in [3.8, 4) is 11.3 Å². The molecule has 0 fully saturated rings. The summed E-state index contributed by atoms with van der Waals surface area (Å²) in [6, 6.07) is 17.7. The van der Waals surface area contributed by atoms with E-state index in [1.165, 1.54) is 35.2 Å². The van der Waals surface area contributed by atoms with Crippen molar-refractivity contribution in [2.45, 2.75) is 11.7 Å². The summed E-state index contributed by atoms with van der Waals surface area (Å²) in [6.45, 7) is 0.550. The Morgan fingerprint density at radius 1 is 1.09 bits per heavy atom. The van der Waals surface area contributed by atoms with E-state index in [0.29, 0.717) is 16.7 Å². The number of hydrogen-bond acceptors (Lipinski definition) is 5. The first-order valence-electron chi connectivity index (χ1n) is 9.66. The van der Waals surface area contributed by atoms with Gasteiger partial charge in [-0.15, -0.1) is 11.3 Å². The molecule has 3 N–H and O–H groups in total. The molecule has 6 nitrogen and oxygen atoms in total. The number of anilines is 1. The van der Waals surface area contributed by atoms with E-state index in [1.807, 2.05) is 34.9 Å². The van der Waals surface area contributed by atoms with Crippen molar-refractivity contribution in [3.05, 3.63) is 89.2 Å². The minimum atomic E-state index is -0.587. The van der Waals surface area contributed by atoms with Gasteiger partial charge in [0.25, 0.3) is 5.91 Å². The van der Waals surface area contributed by atoms with Crippen LogP contribution >= 0.6 is 23.1 Å². The van der Waals surface area contributed by atoms with Gasteiger partial charge in [-0.05, 0) is 46.8 Å². The molecule has 2 amide bonds. The zero-order valence-corrected chi connectivity index (χ0v) is 18.5. The quantitative estimate of drug-likeness (QED) is 0.371. The number of imidazole rings is 1. The Labute approximate surface area is 192 Å². The topological polar surface area (TPSA) is 90.0 Å². The average Bonchev–Trinajstić information content (AvgIpc) is 3.41. The molecule has 0 bridgehead atoms. The van der Waals surface area contributed by atoms with Gasteiger partial charge in [0, 0.05) is 0 Å². The number of hydrogen-bond donors (Lipinski definition) is 2. The highest BCUT2D eigenvalue weighted by atomic mass is 32.2. The number of nitrogens with one attached hydrogen (secondary N) is 1. The first-order chi connectivity index (χ1) is 15.5. The van der Waals surface area contributed by atoms with Crippen LogP contribution in [0.3, 0.4) is 0 Å². The Balaban J connectivity index is 1.55. The van der Waals surface area contributed by atoms with E-state index in [-0.39, 0.29) is 23.0 Å². The van der Waals surface area contributed by atoms with Gasteiger partial charge in [0.05, 0.1) is 29.8 Å². The van der Waals surface area contributed by atoms with Crippen molar-refractivity contribution in [1.29, 1.82) is 0 Å². The number of carbonyl (C=O) groups is 2. The molecule has 0 saturated heterocycles. The molecular formula is C23H19FN4O2S2. The van der Waals surface area contributed by atoms with Crippen LogP contribution in [0.15, 0.2) is 77.4 Å². The Morgan fingerprint density at radius 2 is 1.84 bits per heavy atom. The predicted molar refractivity (Wildman–Crippen MR) is 125 cm³/mol. The number of halogens is 1. The molecule has 2 heterocycles.